The maximum atomic E-state index is 12.3. The zero-order valence-corrected chi connectivity index (χ0v) is 21.7. The lowest BCUT2D eigenvalue weighted by Crippen LogP contribution is -2.47. The lowest BCUT2D eigenvalue weighted by Gasteiger charge is -2.33. The first-order valence-corrected chi connectivity index (χ1v) is 13.2. The number of aliphatic hydroxyl groups is 1. The fourth-order valence-electron chi connectivity index (χ4n) is 3.22. The highest BCUT2D eigenvalue weighted by molar-refractivity contribution is 8.01. The van der Waals surface area contributed by atoms with Crippen molar-refractivity contribution >= 4 is 64.0 Å². The molecule has 0 bridgehead atoms. The monoisotopic (exact) mass is 561 g/mol. The number of nitrogens with one attached hydrogen (secondary N) is 2. The van der Waals surface area contributed by atoms with E-state index in [1.165, 1.54) is 28.5 Å². The SMILES string of the molecule is NC(=O)[C@H](CO)NC(=O)c1csc(SCC(=O)NC[C@H]2CN(Cc3ccc(Cl)c(Cl)c3)CCO2)n1. The number of thiazole rings is 1. The predicted molar refractivity (Wildman–Crippen MR) is 135 cm³/mol. The van der Waals surface area contributed by atoms with Crippen molar-refractivity contribution in [3.05, 3.63) is 44.9 Å². The summed E-state index contributed by atoms with van der Waals surface area (Å²) in [6.07, 6.45) is -0.139. The maximum Gasteiger partial charge on any atom is 0.271 e. The summed E-state index contributed by atoms with van der Waals surface area (Å²) >= 11 is 14.5. The maximum absolute atomic E-state index is 12.3. The van der Waals surface area contributed by atoms with E-state index in [0.717, 1.165) is 12.1 Å². The van der Waals surface area contributed by atoms with E-state index in [-0.39, 0.29) is 23.5 Å². The van der Waals surface area contributed by atoms with Crippen molar-refractivity contribution in [2.24, 2.45) is 5.73 Å². The number of hydrogen-bond acceptors (Lipinski definition) is 9. The van der Waals surface area contributed by atoms with Gasteiger partial charge in [-0.05, 0) is 17.7 Å². The van der Waals surface area contributed by atoms with Crippen molar-refractivity contribution in [2.75, 3.05) is 38.6 Å². The van der Waals surface area contributed by atoms with Crippen molar-refractivity contribution in [3.8, 4) is 0 Å². The van der Waals surface area contributed by atoms with E-state index in [1.807, 2.05) is 12.1 Å². The number of amides is 3. The van der Waals surface area contributed by atoms with Crippen molar-refractivity contribution in [2.45, 2.75) is 23.0 Å². The summed E-state index contributed by atoms with van der Waals surface area (Å²) in [5, 5.41) is 16.8. The lowest BCUT2D eigenvalue weighted by atomic mass is 10.2. The van der Waals surface area contributed by atoms with Crippen LogP contribution in [0.4, 0.5) is 0 Å². The Morgan fingerprint density at radius 1 is 1.34 bits per heavy atom. The molecule has 2 atom stereocenters. The van der Waals surface area contributed by atoms with Crippen molar-refractivity contribution in [3.63, 3.8) is 0 Å². The summed E-state index contributed by atoms with van der Waals surface area (Å²) in [7, 11) is 0. The molecule has 1 aliphatic rings. The molecule has 3 amide bonds. The Labute approximate surface area is 220 Å². The highest BCUT2D eigenvalue weighted by atomic mass is 35.5. The number of carbonyl (C=O) groups is 3. The number of carbonyl (C=O) groups excluding carboxylic acids is 3. The van der Waals surface area contributed by atoms with Crippen LogP contribution >= 0.6 is 46.3 Å². The molecule has 1 aliphatic heterocycles. The molecule has 0 aliphatic carbocycles. The smallest absolute Gasteiger partial charge is 0.271 e. The van der Waals surface area contributed by atoms with Crippen molar-refractivity contribution in [1.82, 2.24) is 20.5 Å². The van der Waals surface area contributed by atoms with Gasteiger partial charge in [0.25, 0.3) is 5.91 Å². The van der Waals surface area contributed by atoms with Crippen LogP contribution in [0.1, 0.15) is 16.1 Å². The van der Waals surface area contributed by atoms with Gasteiger partial charge in [0.2, 0.25) is 11.8 Å². The van der Waals surface area contributed by atoms with Crippen LogP contribution in [0.25, 0.3) is 0 Å². The van der Waals surface area contributed by atoms with Gasteiger partial charge in [-0.3, -0.25) is 19.3 Å². The quantitative estimate of drug-likeness (QED) is 0.298. The summed E-state index contributed by atoms with van der Waals surface area (Å²) < 4.78 is 6.29. The lowest BCUT2D eigenvalue weighted by molar-refractivity contribution is -0.121. The first-order valence-electron chi connectivity index (χ1n) is 10.6. The second-order valence-corrected chi connectivity index (χ2v) is 10.6. The van der Waals surface area contributed by atoms with Gasteiger partial charge in [-0.15, -0.1) is 11.3 Å². The molecule has 10 nitrogen and oxygen atoms in total. The van der Waals surface area contributed by atoms with Crippen LogP contribution < -0.4 is 16.4 Å². The number of benzene rings is 1. The third kappa shape index (κ3) is 8.60. The first kappa shape index (κ1) is 27.7. The van der Waals surface area contributed by atoms with E-state index in [0.29, 0.717) is 40.6 Å². The fraction of sp³-hybridized carbons (Fsp3) is 0.429. The molecular weight excluding hydrogens is 537 g/mol. The molecule has 1 saturated heterocycles. The van der Waals surface area contributed by atoms with Crippen LogP contribution in [-0.2, 0) is 20.9 Å². The van der Waals surface area contributed by atoms with Gasteiger partial charge in [0.1, 0.15) is 11.7 Å². The van der Waals surface area contributed by atoms with Crippen LogP contribution in [0.2, 0.25) is 10.0 Å². The number of morpholine rings is 1. The molecule has 0 spiro atoms. The molecule has 14 heteroatoms. The normalized spacial score (nSPS) is 17.1. The molecule has 0 unspecified atom stereocenters. The fourth-order valence-corrected chi connectivity index (χ4v) is 5.17. The van der Waals surface area contributed by atoms with E-state index in [2.05, 4.69) is 20.5 Å². The summed E-state index contributed by atoms with van der Waals surface area (Å²) in [6.45, 7) is 2.48. The zero-order valence-electron chi connectivity index (χ0n) is 18.5. The molecule has 3 rings (SSSR count). The molecule has 2 aromatic rings. The molecule has 1 aromatic heterocycles. The highest BCUT2D eigenvalue weighted by Gasteiger charge is 2.22. The van der Waals surface area contributed by atoms with Crippen LogP contribution in [0.5, 0.6) is 0 Å². The number of aliphatic hydroxyl groups excluding tert-OH is 1. The molecule has 5 N–H and O–H groups in total. The van der Waals surface area contributed by atoms with E-state index < -0.39 is 24.5 Å². The molecule has 1 aromatic carbocycles. The Balaban J connectivity index is 1.40. The summed E-state index contributed by atoms with van der Waals surface area (Å²) in [4.78, 5) is 41.9. The zero-order chi connectivity index (χ0) is 25.4. The van der Waals surface area contributed by atoms with Gasteiger partial charge in [-0.2, -0.15) is 0 Å². The molecule has 190 valence electrons. The van der Waals surface area contributed by atoms with Gasteiger partial charge < -0.3 is 26.2 Å². The first-order chi connectivity index (χ1) is 16.7. The van der Waals surface area contributed by atoms with Gasteiger partial charge in [-0.25, -0.2) is 4.98 Å². The van der Waals surface area contributed by atoms with Crippen molar-refractivity contribution in [1.29, 1.82) is 0 Å². The average molecular weight is 563 g/mol. The summed E-state index contributed by atoms with van der Waals surface area (Å²) in [5.41, 5.74) is 6.23. The van der Waals surface area contributed by atoms with E-state index in [1.54, 1.807) is 6.07 Å². The Morgan fingerprint density at radius 2 is 2.14 bits per heavy atom. The second-order valence-electron chi connectivity index (χ2n) is 7.68. The Hall–Kier alpha value is -1.93. The Morgan fingerprint density at radius 3 is 2.86 bits per heavy atom. The summed E-state index contributed by atoms with van der Waals surface area (Å²) in [5.74, 6) is -1.54. The van der Waals surface area contributed by atoms with Gasteiger partial charge in [0.05, 0.1) is 35.1 Å². The Kier molecular flexibility index (Phi) is 10.6. The van der Waals surface area contributed by atoms with Crippen LogP contribution in [0.3, 0.4) is 0 Å². The third-order valence-corrected chi connectivity index (χ3v) is 7.77. The van der Waals surface area contributed by atoms with E-state index in [4.69, 9.17) is 38.8 Å². The number of nitrogens with zero attached hydrogens (tertiary/aromatic N) is 2. The molecule has 0 radical (unpaired) electrons. The third-order valence-electron chi connectivity index (χ3n) is 5.01. The van der Waals surface area contributed by atoms with Gasteiger partial charge in [0.15, 0.2) is 4.34 Å². The highest BCUT2D eigenvalue weighted by Crippen LogP contribution is 2.24. The number of nitrogens with two attached hydrogens (primary N) is 1. The molecule has 1 fully saturated rings. The van der Waals surface area contributed by atoms with Crippen LogP contribution in [0.15, 0.2) is 27.9 Å². The second kappa shape index (κ2) is 13.4. The topological polar surface area (TPSA) is 147 Å². The number of thioether (sulfide) groups is 1. The van der Waals surface area contributed by atoms with Crippen LogP contribution in [-0.4, -0.2) is 83.5 Å². The van der Waals surface area contributed by atoms with Crippen LogP contribution in [0, 0.1) is 0 Å². The number of primary amides is 1. The van der Waals surface area contributed by atoms with Crippen molar-refractivity contribution < 1.29 is 24.2 Å². The van der Waals surface area contributed by atoms with Gasteiger partial charge >= 0.3 is 0 Å². The summed E-state index contributed by atoms with van der Waals surface area (Å²) in [6, 6.07) is 4.38. The number of rotatable bonds is 11. The van der Waals surface area contributed by atoms with E-state index >= 15 is 0 Å². The number of ether oxygens (including phenoxy) is 1. The minimum absolute atomic E-state index is 0.0790. The van der Waals surface area contributed by atoms with E-state index in [9.17, 15) is 14.4 Å². The molecule has 35 heavy (non-hydrogen) atoms. The largest absolute Gasteiger partial charge is 0.394 e. The minimum Gasteiger partial charge on any atom is -0.394 e. The number of aromatic nitrogens is 1. The number of hydrogen-bond donors (Lipinski definition) is 4. The molecule has 0 saturated carbocycles. The molecular formula is C21H25Cl2N5O5S2. The standard InChI is InChI=1S/C21H25Cl2N5O5S2/c22-14-2-1-12(5-15(14)23)7-28-3-4-33-13(8-28)6-25-18(30)11-35-21-27-17(10-34-21)20(32)26-16(9-29)19(24)31/h1-2,5,10,13,16,29H,3-4,6-9,11H2,(H2,24,31)(H,25,30)(H,26,32)/t13-,16-/m0/s1. The average Bonchev–Trinajstić information content (AvgIpc) is 3.31. The van der Waals surface area contributed by atoms with Gasteiger partial charge in [0, 0.05) is 31.6 Å². The van der Waals surface area contributed by atoms with Gasteiger partial charge in [-0.1, -0.05) is 41.0 Å². The Bertz CT molecular complexity index is 1060. The predicted octanol–water partition coefficient (Wildman–Crippen LogP) is 1.14. The minimum atomic E-state index is -1.19. The molecule has 2 heterocycles. The number of halogens is 2.